The lowest BCUT2D eigenvalue weighted by Gasteiger charge is -2.35. The molecule has 0 bridgehead atoms. The lowest BCUT2D eigenvalue weighted by Crippen LogP contribution is -2.36. The van der Waals surface area contributed by atoms with Crippen LogP contribution in [0.15, 0.2) is 24.3 Å². The van der Waals surface area contributed by atoms with Gasteiger partial charge in [-0.15, -0.1) is 0 Å². The minimum absolute atomic E-state index is 0.172. The van der Waals surface area contributed by atoms with Crippen LogP contribution in [0.25, 0.3) is 0 Å². The van der Waals surface area contributed by atoms with E-state index >= 15 is 0 Å². The van der Waals surface area contributed by atoms with E-state index < -0.39 is 0 Å². The average Bonchev–Trinajstić information content (AvgIpc) is 2.44. The Kier molecular flexibility index (Phi) is 5.15. The van der Waals surface area contributed by atoms with Crippen molar-refractivity contribution in [2.24, 2.45) is 11.7 Å². The number of rotatable bonds is 6. The Labute approximate surface area is 120 Å². The highest BCUT2D eigenvalue weighted by molar-refractivity contribution is 5.92. The molecule has 0 saturated heterocycles. The van der Waals surface area contributed by atoms with Gasteiger partial charge in [0.25, 0.3) is 0 Å². The standard InChI is InChI=1S/C16H24N2O2/c1-3-20-15-8-13(9-15)10-16(19)18(2)14-6-4-12(11-17)5-7-14/h4-7,13,15H,3,8-11,17H2,1-2H3. The maximum absolute atomic E-state index is 12.2. The molecule has 4 heteroatoms. The van der Waals surface area contributed by atoms with Crippen LogP contribution in [-0.2, 0) is 16.1 Å². The van der Waals surface area contributed by atoms with E-state index in [1.807, 2.05) is 38.2 Å². The quantitative estimate of drug-likeness (QED) is 0.867. The van der Waals surface area contributed by atoms with Crippen molar-refractivity contribution in [3.05, 3.63) is 29.8 Å². The Bertz CT molecular complexity index is 438. The van der Waals surface area contributed by atoms with Crippen molar-refractivity contribution in [1.29, 1.82) is 0 Å². The highest BCUT2D eigenvalue weighted by Crippen LogP contribution is 2.33. The van der Waals surface area contributed by atoms with Crippen molar-refractivity contribution >= 4 is 11.6 Å². The van der Waals surface area contributed by atoms with E-state index in [0.717, 1.165) is 30.7 Å². The third kappa shape index (κ3) is 3.58. The van der Waals surface area contributed by atoms with Crippen LogP contribution in [0.4, 0.5) is 5.69 Å². The second-order valence-electron chi connectivity index (χ2n) is 5.44. The molecule has 0 atom stereocenters. The van der Waals surface area contributed by atoms with E-state index in [1.165, 1.54) is 0 Å². The summed E-state index contributed by atoms with van der Waals surface area (Å²) in [5.41, 5.74) is 7.57. The summed E-state index contributed by atoms with van der Waals surface area (Å²) in [4.78, 5) is 14.0. The molecule has 1 aliphatic carbocycles. The first-order chi connectivity index (χ1) is 9.63. The first-order valence-corrected chi connectivity index (χ1v) is 7.31. The first kappa shape index (κ1) is 15.0. The molecular formula is C16H24N2O2. The van der Waals surface area contributed by atoms with Gasteiger partial charge in [0.05, 0.1) is 6.10 Å². The normalized spacial score (nSPS) is 21.4. The van der Waals surface area contributed by atoms with Crippen LogP contribution in [-0.4, -0.2) is 25.7 Å². The van der Waals surface area contributed by atoms with E-state index in [-0.39, 0.29) is 5.91 Å². The lowest BCUT2D eigenvalue weighted by molar-refractivity contribution is -0.121. The number of nitrogens with two attached hydrogens (primary N) is 1. The van der Waals surface area contributed by atoms with Crippen molar-refractivity contribution in [2.45, 2.75) is 38.8 Å². The molecule has 2 rings (SSSR count). The first-order valence-electron chi connectivity index (χ1n) is 7.31. The number of hydrogen-bond donors (Lipinski definition) is 1. The Morgan fingerprint density at radius 1 is 1.35 bits per heavy atom. The molecule has 20 heavy (non-hydrogen) atoms. The molecule has 2 N–H and O–H groups in total. The SMILES string of the molecule is CCOC1CC(CC(=O)N(C)c2ccc(CN)cc2)C1. The van der Waals surface area contributed by atoms with Gasteiger partial charge < -0.3 is 15.4 Å². The zero-order valence-electron chi connectivity index (χ0n) is 12.3. The van der Waals surface area contributed by atoms with Crippen LogP contribution < -0.4 is 10.6 Å². The summed E-state index contributed by atoms with van der Waals surface area (Å²) < 4.78 is 5.52. The van der Waals surface area contributed by atoms with E-state index in [0.29, 0.717) is 25.0 Å². The van der Waals surface area contributed by atoms with E-state index in [4.69, 9.17) is 10.5 Å². The number of benzene rings is 1. The number of nitrogens with zero attached hydrogens (tertiary/aromatic N) is 1. The second-order valence-corrected chi connectivity index (χ2v) is 5.44. The van der Waals surface area contributed by atoms with Gasteiger partial charge >= 0.3 is 0 Å². The van der Waals surface area contributed by atoms with Gasteiger partial charge in [0.2, 0.25) is 5.91 Å². The highest BCUT2D eigenvalue weighted by Gasteiger charge is 2.31. The zero-order valence-corrected chi connectivity index (χ0v) is 12.3. The number of ether oxygens (including phenoxy) is 1. The molecule has 0 spiro atoms. The number of anilines is 1. The van der Waals surface area contributed by atoms with Gasteiger partial charge in [0, 0.05) is 32.3 Å². The van der Waals surface area contributed by atoms with Gasteiger partial charge in [-0.05, 0) is 43.4 Å². The third-order valence-electron chi connectivity index (χ3n) is 3.99. The summed E-state index contributed by atoms with van der Waals surface area (Å²) >= 11 is 0. The number of carbonyl (C=O) groups excluding carboxylic acids is 1. The lowest BCUT2D eigenvalue weighted by atomic mass is 9.79. The molecule has 0 unspecified atom stereocenters. The summed E-state index contributed by atoms with van der Waals surface area (Å²) in [6, 6.07) is 7.83. The molecule has 110 valence electrons. The van der Waals surface area contributed by atoms with Gasteiger partial charge in [-0.1, -0.05) is 12.1 Å². The van der Waals surface area contributed by atoms with Crippen LogP contribution in [0.3, 0.4) is 0 Å². The monoisotopic (exact) mass is 276 g/mol. The van der Waals surface area contributed by atoms with Gasteiger partial charge in [0.1, 0.15) is 0 Å². The van der Waals surface area contributed by atoms with Crippen molar-refractivity contribution in [2.75, 3.05) is 18.6 Å². The minimum atomic E-state index is 0.172. The minimum Gasteiger partial charge on any atom is -0.378 e. The van der Waals surface area contributed by atoms with Gasteiger partial charge in [-0.25, -0.2) is 0 Å². The van der Waals surface area contributed by atoms with Crippen LogP contribution in [0, 0.1) is 5.92 Å². The molecule has 0 aromatic heterocycles. The number of hydrogen-bond acceptors (Lipinski definition) is 3. The van der Waals surface area contributed by atoms with Crippen LogP contribution in [0.1, 0.15) is 31.7 Å². The van der Waals surface area contributed by atoms with Crippen LogP contribution in [0.5, 0.6) is 0 Å². The van der Waals surface area contributed by atoms with Crippen LogP contribution >= 0.6 is 0 Å². The van der Waals surface area contributed by atoms with E-state index in [9.17, 15) is 4.79 Å². The second kappa shape index (κ2) is 6.86. The van der Waals surface area contributed by atoms with Gasteiger partial charge in [0.15, 0.2) is 0 Å². The largest absolute Gasteiger partial charge is 0.378 e. The van der Waals surface area contributed by atoms with Crippen molar-refractivity contribution in [3.63, 3.8) is 0 Å². The Balaban J connectivity index is 1.83. The Morgan fingerprint density at radius 2 is 2.00 bits per heavy atom. The summed E-state index contributed by atoms with van der Waals surface area (Å²) in [6.45, 7) is 3.30. The van der Waals surface area contributed by atoms with Crippen molar-refractivity contribution in [3.8, 4) is 0 Å². The molecule has 1 amide bonds. The summed E-state index contributed by atoms with van der Waals surface area (Å²) in [5, 5.41) is 0. The number of amides is 1. The predicted molar refractivity (Wildman–Crippen MR) is 80.5 cm³/mol. The van der Waals surface area contributed by atoms with Gasteiger partial charge in [-0.2, -0.15) is 0 Å². The fraction of sp³-hybridized carbons (Fsp3) is 0.562. The summed E-state index contributed by atoms with van der Waals surface area (Å²) in [6.07, 6.45) is 3.00. The molecular weight excluding hydrogens is 252 g/mol. The molecule has 0 heterocycles. The molecule has 1 aromatic carbocycles. The maximum atomic E-state index is 12.2. The smallest absolute Gasteiger partial charge is 0.226 e. The number of carbonyl (C=O) groups is 1. The van der Waals surface area contributed by atoms with E-state index in [1.54, 1.807) is 4.90 Å². The molecule has 4 nitrogen and oxygen atoms in total. The average molecular weight is 276 g/mol. The van der Waals surface area contributed by atoms with Gasteiger partial charge in [-0.3, -0.25) is 4.79 Å². The Morgan fingerprint density at radius 3 is 2.55 bits per heavy atom. The molecule has 0 radical (unpaired) electrons. The molecule has 1 saturated carbocycles. The predicted octanol–water partition coefficient (Wildman–Crippen LogP) is 2.31. The van der Waals surface area contributed by atoms with Crippen molar-refractivity contribution < 1.29 is 9.53 Å². The molecule has 1 aromatic rings. The summed E-state index contributed by atoms with van der Waals surface area (Å²) in [7, 11) is 1.83. The molecule has 1 aliphatic rings. The maximum Gasteiger partial charge on any atom is 0.226 e. The Hall–Kier alpha value is -1.39. The third-order valence-corrected chi connectivity index (χ3v) is 3.99. The summed E-state index contributed by atoms with van der Waals surface area (Å²) in [5.74, 6) is 0.648. The fourth-order valence-electron chi connectivity index (χ4n) is 2.60. The van der Waals surface area contributed by atoms with Crippen LogP contribution in [0.2, 0.25) is 0 Å². The topological polar surface area (TPSA) is 55.6 Å². The molecule has 1 fully saturated rings. The highest BCUT2D eigenvalue weighted by atomic mass is 16.5. The van der Waals surface area contributed by atoms with E-state index in [2.05, 4.69) is 0 Å². The molecule has 0 aliphatic heterocycles. The zero-order chi connectivity index (χ0) is 14.5. The van der Waals surface area contributed by atoms with Crippen molar-refractivity contribution in [1.82, 2.24) is 0 Å². The fourth-order valence-corrected chi connectivity index (χ4v) is 2.60.